The Kier molecular flexibility index (Phi) is 12.7. The number of H-pyrrole nitrogens is 1. The second-order valence-electron chi connectivity index (χ2n) is 9.84. The van der Waals surface area contributed by atoms with Crippen molar-refractivity contribution in [1.82, 2.24) is 29.3 Å². The summed E-state index contributed by atoms with van der Waals surface area (Å²) >= 11 is 0. The third-order valence-electron chi connectivity index (χ3n) is 6.69. The maximum Gasteiger partial charge on any atom is 0.327 e. The molecule has 2 aromatic heterocycles. The molecule has 0 saturated carbocycles. The summed E-state index contributed by atoms with van der Waals surface area (Å²) in [5.74, 6) is -0.422. The fourth-order valence-electron chi connectivity index (χ4n) is 4.39. The number of fused-ring (bicyclic) bond motifs is 1. The molecule has 0 spiro atoms. The summed E-state index contributed by atoms with van der Waals surface area (Å²) < 4.78 is 11.8. The number of hydrogen-bond donors (Lipinski definition) is 4. The summed E-state index contributed by atoms with van der Waals surface area (Å²) in [5, 5.41) is 18.7. The van der Waals surface area contributed by atoms with Crippen molar-refractivity contribution in [2.24, 2.45) is 0 Å². The number of rotatable bonds is 18. The van der Waals surface area contributed by atoms with E-state index in [1.54, 1.807) is 9.80 Å². The van der Waals surface area contributed by atoms with Crippen LogP contribution in [-0.4, -0.2) is 105 Å². The third-order valence-corrected chi connectivity index (χ3v) is 6.69. The van der Waals surface area contributed by atoms with Crippen molar-refractivity contribution in [2.75, 3.05) is 58.8 Å². The molecule has 14 heteroatoms. The number of ether oxygens (including phenoxy) is 2. The molecule has 42 heavy (non-hydrogen) atoms. The zero-order valence-electron chi connectivity index (χ0n) is 24.3. The fraction of sp³-hybridized carbons (Fsp3) is 0.536. The van der Waals surface area contributed by atoms with Crippen LogP contribution in [0.3, 0.4) is 0 Å². The Balaban J connectivity index is 1.77. The highest BCUT2D eigenvalue weighted by atomic mass is 16.5. The van der Waals surface area contributed by atoms with Crippen LogP contribution in [0, 0.1) is 0 Å². The second-order valence-corrected chi connectivity index (χ2v) is 9.84. The lowest BCUT2D eigenvalue weighted by atomic mass is 10.1. The average Bonchev–Trinajstić information content (AvgIpc) is 3.29. The molecule has 1 aromatic carbocycles. The molecule has 0 aliphatic rings. The number of nitrogen functional groups attached to an aromatic ring is 1. The standard InChI is InChI=1S/C28H41N7O7/c1-3-4-16-42-27-31-25(29)24-26(32-27)35(28(40)30-24)11-5-10-34(22(38)19-33(12-14-36)13-15-37)18-21-8-6-20(7-9-21)17-23(39)41-2/h6-9,36-37H,3-5,10-19H2,1-2H3,(H,30,40)(H2,29,31,32). The largest absolute Gasteiger partial charge is 0.469 e. The van der Waals surface area contributed by atoms with Crippen LogP contribution >= 0.6 is 0 Å². The van der Waals surface area contributed by atoms with Crippen LogP contribution in [0.5, 0.6) is 6.01 Å². The molecule has 3 aromatic rings. The highest BCUT2D eigenvalue weighted by Crippen LogP contribution is 2.18. The average molecular weight is 588 g/mol. The van der Waals surface area contributed by atoms with Crippen LogP contribution in [0.4, 0.5) is 5.82 Å². The van der Waals surface area contributed by atoms with E-state index in [-0.39, 0.29) is 76.1 Å². The van der Waals surface area contributed by atoms with Gasteiger partial charge < -0.3 is 35.3 Å². The molecule has 0 saturated heterocycles. The molecule has 0 atom stereocenters. The molecule has 3 rings (SSSR count). The predicted octanol–water partition coefficient (Wildman–Crippen LogP) is 0.302. The minimum absolute atomic E-state index is 0.0107. The number of hydrogen-bond acceptors (Lipinski definition) is 11. The topological polar surface area (TPSA) is 189 Å². The molecule has 0 fully saturated rings. The van der Waals surface area contributed by atoms with Gasteiger partial charge in [0.1, 0.15) is 5.52 Å². The molecule has 14 nitrogen and oxygen atoms in total. The van der Waals surface area contributed by atoms with Gasteiger partial charge in [0.15, 0.2) is 11.5 Å². The Labute approximate surface area is 244 Å². The van der Waals surface area contributed by atoms with Crippen molar-refractivity contribution >= 4 is 28.9 Å². The van der Waals surface area contributed by atoms with Gasteiger partial charge in [0.2, 0.25) is 5.91 Å². The van der Waals surface area contributed by atoms with Crippen molar-refractivity contribution in [1.29, 1.82) is 0 Å². The number of nitrogens with zero attached hydrogens (tertiary/aromatic N) is 5. The molecule has 1 amide bonds. The summed E-state index contributed by atoms with van der Waals surface area (Å²) in [7, 11) is 1.34. The number of carbonyl (C=O) groups excluding carboxylic acids is 2. The van der Waals surface area contributed by atoms with Gasteiger partial charge in [0.25, 0.3) is 0 Å². The Hall–Kier alpha value is -4.01. The summed E-state index contributed by atoms with van der Waals surface area (Å²) in [6.45, 7) is 3.54. The number of aryl methyl sites for hydroxylation is 1. The number of aromatic nitrogens is 4. The molecule has 230 valence electrons. The number of carbonyl (C=O) groups is 2. The predicted molar refractivity (Wildman–Crippen MR) is 156 cm³/mol. The fourth-order valence-corrected chi connectivity index (χ4v) is 4.39. The van der Waals surface area contributed by atoms with Crippen molar-refractivity contribution < 1.29 is 29.3 Å². The van der Waals surface area contributed by atoms with Crippen LogP contribution in [0.1, 0.15) is 37.3 Å². The van der Waals surface area contributed by atoms with Crippen molar-refractivity contribution in [3.63, 3.8) is 0 Å². The zero-order chi connectivity index (χ0) is 30.5. The van der Waals surface area contributed by atoms with E-state index in [2.05, 4.69) is 15.0 Å². The van der Waals surface area contributed by atoms with Crippen molar-refractivity contribution in [2.45, 2.75) is 45.7 Å². The number of esters is 1. The van der Waals surface area contributed by atoms with E-state index in [1.165, 1.54) is 11.7 Å². The van der Waals surface area contributed by atoms with Crippen LogP contribution < -0.4 is 16.2 Å². The lowest BCUT2D eigenvalue weighted by molar-refractivity contribution is -0.139. The lowest BCUT2D eigenvalue weighted by Crippen LogP contribution is -2.42. The third kappa shape index (κ3) is 9.26. The number of nitrogens with two attached hydrogens (primary N) is 1. The quantitative estimate of drug-likeness (QED) is 0.118. The van der Waals surface area contributed by atoms with E-state index in [9.17, 15) is 24.6 Å². The van der Waals surface area contributed by atoms with Gasteiger partial charge in [-0.15, -0.1) is 0 Å². The molecule has 0 bridgehead atoms. The monoisotopic (exact) mass is 587 g/mol. The maximum absolute atomic E-state index is 13.4. The van der Waals surface area contributed by atoms with Crippen LogP contribution in [-0.2, 0) is 33.8 Å². The Morgan fingerprint density at radius 1 is 1.05 bits per heavy atom. The number of benzene rings is 1. The molecule has 0 aliphatic carbocycles. The van der Waals surface area contributed by atoms with E-state index in [1.807, 2.05) is 31.2 Å². The molecular formula is C28H41N7O7. The van der Waals surface area contributed by atoms with Crippen LogP contribution in [0.2, 0.25) is 0 Å². The zero-order valence-corrected chi connectivity index (χ0v) is 24.3. The SMILES string of the molecule is CCCCOc1nc(N)c2[nH]c(=O)n(CCCN(Cc3ccc(CC(=O)OC)cc3)C(=O)CN(CCO)CCO)c2n1. The number of unbranched alkanes of at least 4 members (excludes halogenated alkanes) is 1. The molecule has 5 N–H and O–H groups in total. The molecular weight excluding hydrogens is 546 g/mol. The first-order valence-corrected chi connectivity index (χ1v) is 14.0. The summed E-state index contributed by atoms with van der Waals surface area (Å²) in [5.41, 5.74) is 7.96. The molecule has 0 radical (unpaired) electrons. The Bertz CT molecular complexity index is 1350. The van der Waals surface area contributed by atoms with Crippen molar-refractivity contribution in [3.05, 3.63) is 45.9 Å². The highest BCUT2D eigenvalue weighted by molar-refractivity contribution is 5.82. The number of aliphatic hydroxyl groups excluding tert-OH is 2. The van der Waals surface area contributed by atoms with Crippen LogP contribution in [0.25, 0.3) is 11.2 Å². The minimum atomic E-state index is -0.396. The first-order chi connectivity index (χ1) is 20.3. The first kappa shape index (κ1) is 32.5. The maximum atomic E-state index is 13.4. The number of imidazole rings is 1. The molecule has 0 aliphatic heterocycles. The summed E-state index contributed by atoms with van der Waals surface area (Å²) in [4.78, 5) is 52.3. The van der Waals surface area contributed by atoms with E-state index < -0.39 is 5.69 Å². The molecule has 2 heterocycles. The van der Waals surface area contributed by atoms with E-state index in [0.29, 0.717) is 30.7 Å². The van der Waals surface area contributed by atoms with Crippen LogP contribution in [0.15, 0.2) is 29.1 Å². The Morgan fingerprint density at radius 2 is 1.74 bits per heavy atom. The number of aromatic amines is 1. The van der Waals surface area contributed by atoms with E-state index in [4.69, 9.17) is 15.2 Å². The number of nitrogens with one attached hydrogen (secondary N) is 1. The van der Waals surface area contributed by atoms with E-state index >= 15 is 0 Å². The smallest absolute Gasteiger partial charge is 0.327 e. The number of amides is 1. The second kappa shape index (κ2) is 16.4. The lowest BCUT2D eigenvalue weighted by Gasteiger charge is -2.27. The highest BCUT2D eigenvalue weighted by Gasteiger charge is 2.19. The number of aliphatic hydroxyl groups is 2. The summed E-state index contributed by atoms with van der Waals surface area (Å²) in [6.07, 6.45) is 2.34. The van der Waals surface area contributed by atoms with Crippen molar-refractivity contribution in [3.8, 4) is 6.01 Å². The van der Waals surface area contributed by atoms with Gasteiger partial charge in [-0.3, -0.25) is 19.1 Å². The number of methoxy groups -OCH3 is 1. The van der Waals surface area contributed by atoms with Gasteiger partial charge in [-0.2, -0.15) is 9.97 Å². The van der Waals surface area contributed by atoms with Gasteiger partial charge >= 0.3 is 17.7 Å². The summed E-state index contributed by atoms with van der Waals surface area (Å²) in [6, 6.07) is 7.42. The minimum Gasteiger partial charge on any atom is -0.469 e. The Morgan fingerprint density at radius 3 is 2.38 bits per heavy atom. The normalized spacial score (nSPS) is 11.3. The first-order valence-electron chi connectivity index (χ1n) is 14.0. The van der Waals surface area contributed by atoms with Gasteiger partial charge in [-0.1, -0.05) is 37.6 Å². The molecule has 0 unspecified atom stereocenters. The van der Waals surface area contributed by atoms with E-state index in [0.717, 1.165) is 24.0 Å². The van der Waals surface area contributed by atoms with Gasteiger partial charge in [-0.25, -0.2) is 4.79 Å². The number of anilines is 1. The van der Waals surface area contributed by atoms with Gasteiger partial charge in [0, 0.05) is 32.7 Å². The van der Waals surface area contributed by atoms with Gasteiger partial charge in [-0.05, 0) is 24.0 Å². The van der Waals surface area contributed by atoms with Gasteiger partial charge in [0.05, 0.1) is 39.9 Å².